The minimum absolute atomic E-state index is 0.000790. The van der Waals surface area contributed by atoms with Crippen LogP contribution in [0, 0.1) is 5.92 Å². The predicted molar refractivity (Wildman–Crippen MR) is 80.5 cm³/mol. The quantitative estimate of drug-likeness (QED) is 0.840. The summed E-state index contributed by atoms with van der Waals surface area (Å²) in [5.74, 6) is 0.444. The minimum Gasteiger partial charge on any atom is -0.365 e. The Morgan fingerprint density at radius 2 is 2.16 bits per heavy atom. The molecule has 0 aliphatic carbocycles. The molecule has 0 atom stereocenters. The first-order chi connectivity index (χ1) is 8.95. The summed E-state index contributed by atoms with van der Waals surface area (Å²) in [6.07, 6.45) is 0. The highest BCUT2D eigenvalue weighted by Gasteiger charge is 2.12. The molecule has 4 nitrogen and oxygen atoms in total. The molecule has 5 heteroatoms. The summed E-state index contributed by atoms with van der Waals surface area (Å²) in [7, 11) is 1.86. The molecular formula is C14H22ClN3O. The molecule has 0 radical (unpaired) electrons. The Hall–Kier alpha value is -1.26. The zero-order chi connectivity index (χ0) is 14.4. The predicted octanol–water partition coefficient (Wildman–Crippen LogP) is 2.01. The van der Waals surface area contributed by atoms with Crippen molar-refractivity contribution in [2.75, 3.05) is 25.0 Å². The molecule has 1 amide bonds. The van der Waals surface area contributed by atoms with E-state index in [2.05, 4.69) is 19.2 Å². The van der Waals surface area contributed by atoms with Gasteiger partial charge in [-0.3, -0.25) is 4.79 Å². The summed E-state index contributed by atoms with van der Waals surface area (Å²) in [5.41, 5.74) is 7.47. The van der Waals surface area contributed by atoms with Crippen LogP contribution in [0.1, 0.15) is 19.4 Å². The van der Waals surface area contributed by atoms with Gasteiger partial charge in [-0.25, -0.2) is 0 Å². The van der Waals surface area contributed by atoms with E-state index in [1.807, 2.05) is 24.1 Å². The van der Waals surface area contributed by atoms with Crippen LogP contribution in [0.2, 0.25) is 5.02 Å². The summed E-state index contributed by atoms with van der Waals surface area (Å²) in [6.45, 7) is 5.46. The van der Waals surface area contributed by atoms with Crippen molar-refractivity contribution in [3.05, 3.63) is 28.8 Å². The van der Waals surface area contributed by atoms with Crippen molar-refractivity contribution in [1.29, 1.82) is 0 Å². The number of hydrogen-bond acceptors (Lipinski definition) is 3. The number of carbonyl (C=O) groups excluding carboxylic acids is 1. The Labute approximate surface area is 119 Å². The van der Waals surface area contributed by atoms with E-state index >= 15 is 0 Å². The molecule has 106 valence electrons. The molecule has 0 saturated carbocycles. The number of benzene rings is 1. The summed E-state index contributed by atoms with van der Waals surface area (Å²) >= 11 is 6.11. The van der Waals surface area contributed by atoms with Gasteiger partial charge in [-0.05, 0) is 18.1 Å². The summed E-state index contributed by atoms with van der Waals surface area (Å²) in [5, 5.41) is 3.52. The lowest BCUT2D eigenvalue weighted by atomic mass is 10.1. The number of nitrogens with one attached hydrogen (secondary N) is 1. The fourth-order valence-corrected chi connectivity index (χ4v) is 2.03. The monoisotopic (exact) mass is 283 g/mol. The van der Waals surface area contributed by atoms with Gasteiger partial charge in [0.15, 0.2) is 0 Å². The highest BCUT2D eigenvalue weighted by Crippen LogP contribution is 2.26. The number of halogens is 1. The standard InChI is InChI=1S/C14H22ClN3O/c1-10(2)8-17-14(19)9-18(3)13-6-4-5-12(15)11(13)7-16/h4-6,10H,7-9,16H2,1-3H3,(H,17,19). The van der Waals surface area contributed by atoms with Gasteiger partial charge in [-0.1, -0.05) is 31.5 Å². The van der Waals surface area contributed by atoms with E-state index < -0.39 is 0 Å². The van der Waals surface area contributed by atoms with E-state index in [-0.39, 0.29) is 5.91 Å². The third-order valence-electron chi connectivity index (χ3n) is 2.80. The molecule has 0 heterocycles. The lowest BCUT2D eigenvalue weighted by Crippen LogP contribution is -2.37. The Balaban J connectivity index is 2.70. The fourth-order valence-electron chi connectivity index (χ4n) is 1.78. The van der Waals surface area contributed by atoms with Crippen LogP contribution >= 0.6 is 11.6 Å². The Morgan fingerprint density at radius 1 is 1.47 bits per heavy atom. The number of nitrogens with two attached hydrogens (primary N) is 1. The normalized spacial score (nSPS) is 10.6. The number of rotatable bonds is 6. The molecule has 0 aliphatic rings. The van der Waals surface area contributed by atoms with Crippen LogP contribution in [0.3, 0.4) is 0 Å². The number of nitrogens with zero attached hydrogens (tertiary/aromatic N) is 1. The molecule has 3 N–H and O–H groups in total. The number of amides is 1. The maximum Gasteiger partial charge on any atom is 0.239 e. The second kappa shape index (κ2) is 7.36. The molecule has 1 aromatic carbocycles. The van der Waals surface area contributed by atoms with E-state index in [1.165, 1.54) is 0 Å². The molecule has 0 spiro atoms. The molecule has 19 heavy (non-hydrogen) atoms. The van der Waals surface area contributed by atoms with Gasteiger partial charge in [0, 0.05) is 36.4 Å². The van der Waals surface area contributed by atoms with Crippen molar-refractivity contribution in [3.8, 4) is 0 Å². The van der Waals surface area contributed by atoms with Gasteiger partial charge in [0.05, 0.1) is 6.54 Å². The zero-order valence-corrected chi connectivity index (χ0v) is 12.5. The average Bonchev–Trinajstić information content (AvgIpc) is 2.36. The van der Waals surface area contributed by atoms with E-state index in [0.717, 1.165) is 11.3 Å². The van der Waals surface area contributed by atoms with Crippen molar-refractivity contribution < 1.29 is 4.79 Å². The first-order valence-corrected chi connectivity index (χ1v) is 6.78. The number of hydrogen-bond donors (Lipinski definition) is 2. The Morgan fingerprint density at radius 3 is 2.74 bits per heavy atom. The van der Waals surface area contributed by atoms with Gasteiger partial charge in [-0.15, -0.1) is 0 Å². The maximum atomic E-state index is 11.8. The van der Waals surface area contributed by atoms with Crippen molar-refractivity contribution >= 4 is 23.2 Å². The van der Waals surface area contributed by atoms with E-state index in [4.69, 9.17) is 17.3 Å². The second-order valence-corrected chi connectivity index (χ2v) is 5.40. The van der Waals surface area contributed by atoms with Gasteiger partial charge in [-0.2, -0.15) is 0 Å². The van der Waals surface area contributed by atoms with Gasteiger partial charge >= 0.3 is 0 Å². The molecule has 1 rings (SSSR count). The lowest BCUT2D eigenvalue weighted by molar-refractivity contribution is -0.119. The largest absolute Gasteiger partial charge is 0.365 e. The van der Waals surface area contributed by atoms with E-state index in [1.54, 1.807) is 6.07 Å². The van der Waals surface area contributed by atoms with Gasteiger partial charge in [0.1, 0.15) is 0 Å². The van der Waals surface area contributed by atoms with Crippen molar-refractivity contribution in [3.63, 3.8) is 0 Å². The molecule has 0 fully saturated rings. The fraction of sp³-hybridized carbons (Fsp3) is 0.500. The van der Waals surface area contributed by atoms with Crippen LogP contribution in [0.4, 0.5) is 5.69 Å². The third kappa shape index (κ3) is 4.73. The molecule has 0 unspecified atom stereocenters. The Kier molecular flexibility index (Phi) is 6.12. The first-order valence-electron chi connectivity index (χ1n) is 6.41. The van der Waals surface area contributed by atoms with Gasteiger partial charge < -0.3 is 16.0 Å². The summed E-state index contributed by atoms with van der Waals surface area (Å²) in [4.78, 5) is 13.7. The van der Waals surface area contributed by atoms with Crippen LogP contribution in [0.15, 0.2) is 18.2 Å². The molecule has 0 aliphatic heterocycles. The van der Waals surface area contributed by atoms with Gasteiger partial charge in [0.25, 0.3) is 0 Å². The molecule has 0 aromatic heterocycles. The number of likely N-dealkylation sites (N-methyl/N-ethyl adjacent to an activating group) is 1. The smallest absolute Gasteiger partial charge is 0.239 e. The number of anilines is 1. The zero-order valence-electron chi connectivity index (χ0n) is 11.7. The second-order valence-electron chi connectivity index (χ2n) is 5.00. The van der Waals surface area contributed by atoms with Crippen LogP contribution in [-0.4, -0.2) is 26.0 Å². The molecular weight excluding hydrogens is 262 g/mol. The molecule has 0 bridgehead atoms. The van der Waals surface area contributed by atoms with Crippen molar-refractivity contribution in [2.45, 2.75) is 20.4 Å². The highest BCUT2D eigenvalue weighted by atomic mass is 35.5. The summed E-state index contributed by atoms with van der Waals surface area (Å²) < 4.78 is 0. The average molecular weight is 284 g/mol. The highest BCUT2D eigenvalue weighted by molar-refractivity contribution is 6.31. The summed E-state index contributed by atoms with van der Waals surface area (Å²) in [6, 6.07) is 5.59. The maximum absolute atomic E-state index is 11.8. The molecule has 0 saturated heterocycles. The van der Waals surface area contributed by atoms with Crippen LogP contribution in [0.5, 0.6) is 0 Å². The number of carbonyl (C=O) groups is 1. The van der Waals surface area contributed by atoms with E-state index in [9.17, 15) is 4.79 Å². The first kappa shape index (κ1) is 15.8. The van der Waals surface area contributed by atoms with Crippen LogP contribution < -0.4 is 16.0 Å². The third-order valence-corrected chi connectivity index (χ3v) is 3.15. The van der Waals surface area contributed by atoms with Crippen LogP contribution in [0.25, 0.3) is 0 Å². The van der Waals surface area contributed by atoms with Crippen LogP contribution in [-0.2, 0) is 11.3 Å². The SMILES string of the molecule is CC(C)CNC(=O)CN(C)c1cccc(Cl)c1CN. The Bertz CT molecular complexity index is 435. The molecule has 1 aromatic rings. The van der Waals surface area contributed by atoms with Gasteiger partial charge in [0.2, 0.25) is 5.91 Å². The van der Waals surface area contributed by atoms with Crippen molar-refractivity contribution in [1.82, 2.24) is 5.32 Å². The topological polar surface area (TPSA) is 58.4 Å². The lowest BCUT2D eigenvalue weighted by Gasteiger charge is -2.22. The van der Waals surface area contributed by atoms with Crippen molar-refractivity contribution in [2.24, 2.45) is 11.7 Å². The van der Waals surface area contributed by atoms with E-state index in [0.29, 0.717) is 30.6 Å². The minimum atomic E-state index is -0.000790.